The smallest absolute Gasteiger partial charge is 0.341 e. The summed E-state index contributed by atoms with van der Waals surface area (Å²) in [5, 5.41) is 11.0. The molecule has 1 fully saturated rings. The van der Waals surface area contributed by atoms with E-state index in [9.17, 15) is 14.7 Å². The maximum atomic E-state index is 15.2. The monoisotopic (exact) mass is 386 g/mol. The van der Waals surface area contributed by atoms with Crippen LogP contribution in [0.3, 0.4) is 0 Å². The summed E-state index contributed by atoms with van der Waals surface area (Å²) in [5.74, 6) is -1.67. The van der Waals surface area contributed by atoms with Crippen molar-refractivity contribution in [1.82, 2.24) is 9.58 Å². The van der Waals surface area contributed by atoms with Gasteiger partial charge in [0, 0.05) is 44.8 Å². The third-order valence-corrected chi connectivity index (χ3v) is 5.62. The van der Waals surface area contributed by atoms with Gasteiger partial charge in [0.1, 0.15) is 16.8 Å². The summed E-state index contributed by atoms with van der Waals surface area (Å²) < 4.78 is 22.6. The second kappa shape index (κ2) is 5.88. The van der Waals surface area contributed by atoms with Crippen LogP contribution in [0.1, 0.15) is 23.2 Å². The van der Waals surface area contributed by atoms with Gasteiger partial charge in [0.15, 0.2) is 18.3 Å². The molecule has 146 valence electrons. The van der Waals surface area contributed by atoms with E-state index < -0.39 is 22.8 Å². The Morgan fingerprint density at radius 1 is 1.29 bits per heavy atom. The number of hydrogen-bond acceptors (Lipinski definition) is 6. The predicted molar refractivity (Wildman–Crippen MR) is 101 cm³/mol. The number of aromatic nitrogens is 1. The van der Waals surface area contributed by atoms with Crippen LogP contribution in [0.2, 0.25) is 0 Å². The molecule has 0 radical (unpaired) electrons. The summed E-state index contributed by atoms with van der Waals surface area (Å²) in [6, 6.07) is 1.13. The molecule has 2 aromatic rings. The molecule has 5 rings (SSSR count). The lowest BCUT2D eigenvalue weighted by atomic mass is 10.1. The van der Waals surface area contributed by atoms with Crippen molar-refractivity contribution in [3.8, 4) is 5.75 Å². The fourth-order valence-corrected chi connectivity index (χ4v) is 4.25. The average molecular weight is 386 g/mol. The van der Waals surface area contributed by atoms with Crippen LogP contribution in [0, 0.1) is 5.82 Å². The van der Waals surface area contributed by atoms with E-state index in [1.165, 1.54) is 11.9 Å². The van der Waals surface area contributed by atoms with Crippen molar-refractivity contribution >= 4 is 22.6 Å². The number of hydrogen-bond donors (Lipinski definition) is 1. The highest BCUT2D eigenvalue weighted by atomic mass is 19.1. The van der Waals surface area contributed by atoms with Gasteiger partial charge in [-0.15, -0.1) is 0 Å². The second-order valence-corrected chi connectivity index (χ2v) is 7.29. The van der Waals surface area contributed by atoms with Crippen LogP contribution in [0.5, 0.6) is 5.75 Å². The first-order chi connectivity index (χ1) is 13.5. The van der Waals surface area contributed by atoms with Gasteiger partial charge < -0.3 is 19.6 Å². The summed E-state index contributed by atoms with van der Waals surface area (Å²) in [7, 11) is 1.71. The molecule has 1 aromatic heterocycles. The molecule has 4 heterocycles. The van der Waals surface area contributed by atoms with Crippen molar-refractivity contribution in [2.24, 2.45) is 0 Å². The zero-order valence-corrected chi connectivity index (χ0v) is 15.3. The van der Waals surface area contributed by atoms with Crippen LogP contribution < -0.4 is 20.1 Å². The average Bonchev–Trinajstić information content (AvgIpc) is 3.13. The molecule has 9 heteroatoms. The fraction of sp³-hybridized carbons (Fsp3) is 0.368. The molecular formula is C19H19FN4O4. The molecule has 3 aliphatic heterocycles. The molecule has 0 bridgehead atoms. The van der Waals surface area contributed by atoms with Crippen LogP contribution >= 0.6 is 0 Å². The number of rotatable bonds is 2. The third-order valence-electron chi connectivity index (χ3n) is 5.62. The highest BCUT2D eigenvalue weighted by Crippen LogP contribution is 2.41. The van der Waals surface area contributed by atoms with E-state index in [-0.39, 0.29) is 23.6 Å². The first-order valence-corrected chi connectivity index (χ1v) is 9.17. The topological polar surface area (TPSA) is 78.2 Å². The molecule has 0 atom stereocenters. The van der Waals surface area contributed by atoms with Crippen molar-refractivity contribution in [3.05, 3.63) is 45.8 Å². The molecule has 8 nitrogen and oxygen atoms in total. The molecule has 1 N–H and O–H groups in total. The maximum Gasteiger partial charge on any atom is 0.341 e. The Labute approximate surface area is 159 Å². The van der Waals surface area contributed by atoms with Gasteiger partial charge in [-0.05, 0) is 18.9 Å². The maximum absolute atomic E-state index is 15.2. The minimum Gasteiger partial charge on any atom is -0.477 e. The Morgan fingerprint density at radius 2 is 2.11 bits per heavy atom. The number of halogens is 1. The van der Waals surface area contributed by atoms with Crippen molar-refractivity contribution in [3.63, 3.8) is 0 Å². The Balaban J connectivity index is 1.78. The number of benzene rings is 1. The molecule has 1 aromatic carbocycles. The van der Waals surface area contributed by atoms with Crippen LogP contribution in [-0.4, -0.2) is 54.1 Å². The van der Waals surface area contributed by atoms with Crippen molar-refractivity contribution < 1.29 is 19.0 Å². The van der Waals surface area contributed by atoms with E-state index in [1.54, 1.807) is 16.7 Å². The molecule has 1 saturated heterocycles. The van der Waals surface area contributed by atoms with Gasteiger partial charge in [0.2, 0.25) is 5.43 Å². The summed E-state index contributed by atoms with van der Waals surface area (Å²) in [6.07, 6.45) is 5.27. The molecule has 0 aliphatic carbocycles. The van der Waals surface area contributed by atoms with Crippen LogP contribution in [0.25, 0.3) is 10.9 Å². The lowest BCUT2D eigenvalue weighted by molar-refractivity contribution is 0.0694. The first-order valence-electron chi connectivity index (χ1n) is 9.17. The predicted octanol–water partition coefficient (Wildman–Crippen LogP) is 1.51. The molecule has 0 unspecified atom stereocenters. The van der Waals surface area contributed by atoms with E-state index in [0.29, 0.717) is 12.1 Å². The number of carboxylic acids is 1. The van der Waals surface area contributed by atoms with Crippen molar-refractivity contribution in [2.45, 2.75) is 12.8 Å². The molecule has 3 aliphatic rings. The minimum absolute atomic E-state index is 0.00476. The highest BCUT2D eigenvalue weighted by molar-refractivity contribution is 5.97. The summed E-state index contributed by atoms with van der Waals surface area (Å²) in [5.41, 5.74) is 0.720. The quantitative estimate of drug-likeness (QED) is 0.838. The van der Waals surface area contributed by atoms with Gasteiger partial charge in [-0.25, -0.2) is 9.18 Å². The number of pyridine rings is 1. The largest absolute Gasteiger partial charge is 0.477 e. The van der Waals surface area contributed by atoms with E-state index >= 15 is 4.39 Å². The SMILES string of the molecule is CN1COc2c(N3C=C4CCCN4CC3)c(F)cc3c(=O)c(C(=O)O)cn1c23. The molecule has 28 heavy (non-hydrogen) atoms. The van der Waals surface area contributed by atoms with Gasteiger partial charge in [-0.2, -0.15) is 0 Å². The van der Waals surface area contributed by atoms with Gasteiger partial charge in [-0.3, -0.25) is 14.5 Å². The summed E-state index contributed by atoms with van der Waals surface area (Å²) in [4.78, 5) is 28.3. The van der Waals surface area contributed by atoms with E-state index in [4.69, 9.17) is 4.74 Å². The fourth-order valence-electron chi connectivity index (χ4n) is 4.25. The number of carbonyl (C=O) groups is 1. The summed E-state index contributed by atoms with van der Waals surface area (Å²) >= 11 is 0. The van der Waals surface area contributed by atoms with E-state index in [2.05, 4.69) is 4.90 Å². The molecular weight excluding hydrogens is 367 g/mol. The van der Waals surface area contributed by atoms with Crippen LogP contribution in [0.15, 0.2) is 29.0 Å². The highest BCUT2D eigenvalue weighted by Gasteiger charge is 2.31. The van der Waals surface area contributed by atoms with E-state index in [1.807, 2.05) is 11.1 Å². The number of ether oxygens (including phenoxy) is 1. The van der Waals surface area contributed by atoms with Crippen LogP contribution in [0.4, 0.5) is 10.1 Å². The Morgan fingerprint density at radius 3 is 2.89 bits per heavy atom. The molecule has 0 spiro atoms. The zero-order valence-electron chi connectivity index (χ0n) is 15.3. The Bertz CT molecular complexity index is 1110. The number of anilines is 1. The first kappa shape index (κ1) is 16.9. The van der Waals surface area contributed by atoms with Gasteiger partial charge >= 0.3 is 5.97 Å². The van der Waals surface area contributed by atoms with Crippen LogP contribution in [-0.2, 0) is 0 Å². The number of carboxylic acid groups (broad SMARTS) is 1. The minimum atomic E-state index is -1.34. The third kappa shape index (κ3) is 2.28. The van der Waals surface area contributed by atoms with Crippen molar-refractivity contribution in [2.75, 3.05) is 43.3 Å². The number of fused-ring (bicyclic) bond motifs is 1. The molecule has 0 saturated carbocycles. The lowest BCUT2D eigenvalue weighted by Gasteiger charge is -2.36. The number of aromatic carboxylic acids is 1. The Hall–Kier alpha value is -3.23. The lowest BCUT2D eigenvalue weighted by Crippen LogP contribution is -2.41. The standard InChI is InChI=1S/C19H19FN4O4/c1-21-10-28-18-15-12(17(25)13(19(26)27)9-24(15)21)7-14(20)16(18)23-6-5-22-4-2-3-11(22)8-23/h7-9H,2-6,10H2,1H3,(H,26,27). The van der Waals surface area contributed by atoms with E-state index in [0.717, 1.165) is 32.0 Å². The molecule has 0 amide bonds. The van der Waals surface area contributed by atoms with Gasteiger partial charge in [0.05, 0.1) is 5.39 Å². The Kier molecular flexibility index (Phi) is 3.55. The second-order valence-electron chi connectivity index (χ2n) is 7.29. The number of nitrogens with zero attached hydrogens (tertiary/aromatic N) is 4. The zero-order chi connectivity index (χ0) is 19.6. The van der Waals surface area contributed by atoms with Gasteiger partial charge in [-0.1, -0.05) is 0 Å². The van der Waals surface area contributed by atoms with Gasteiger partial charge in [0.25, 0.3) is 0 Å². The normalized spacial score (nSPS) is 18.2. The van der Waals surface area contributed by atoms with Crippen molar-refractivity contribution in [1.29, 1.82) is 0 Å². The number of allylic oxidation sites excluding steroid dienone is 1. The summed E-state index contributed by atoms with van der Waals surface area (Å²) in [6.45, 7) is 2.53.